The number of anilines is 2. The summed E-state index contributed by atoms with van der Waals surface area (Å²) in [5, 5.41) is 10.0. The van der Waals surface area contributed by atoms with Crippen LogP contribution in [0.3, 0.4) is 0 Å². The number of benzene rings is 2. The van der Waals surface area contributed by atoms with Crippen molar-refractivity contribution >= 4 is 35.0 Å². The molecule has 1 heterocycles. The molecule has 2 aromatic carbocycles. The molecule has 0 saturated heterocycles. The zero-order chi connectivity index (χ0) is 21.7. The normalized spacial score (nSPS) is 11.6. The summed E-state index contributed by atoms with van der Waals surface area (Å²) >= 11 is 1.26. The minimum Gasteiger partial charge on any atom is -0.326 e. The summed E-state index contributed by atoms with van der Waals surface area (Å²) in [6, 6.07) is 17.4. The number of nitrogens with one attached hydrogen (secondary N) is 2. The van der Waals surface area contributed by atoms with Gasteiger partial charge in [0.15, 0.2) is 0 Å². The van der Waals surface area contributed by atoms with Crippen LogP contribution < -0.4 is 16.2 Å². The van der Waals surface area contributed by atoms with Crippen LogP contribution in [0.5, 0.6) is 0 Å². The highest BCUT2D eigenvalue weighted by Crippen LogP contribution is 2.22. The number of aromatic nitrogens is 2. The summed E-state index contributed by atoms with van der Waals surface area (Å²) in [5.41, 5.74) is 2.81. The molecule has 30 heavy (non-hydrogen) atoms. The lowest BCUT2D eigenvalue weighted by molar-refractivity contribution is -0.115. The maximum Gasteiger partial charge on any atom is 0.271 e. The monoisotopic (exact) mass is 422 g/mol. The van der Waals surface area contributed by atoms with Gasteiger partial charge in [-0.2, -0.15) is 9.78 Å². The maximum absolute atomic E-state index is 12.5. The van der Waals surface area contributed by atoms with Gasteiger partial charge >= 0.3 is 0 Å². The highest BCUT2D eigenvalue weighted by atomic mass is 32.2. The first-order valence-corrected chi connectivity index (χ1v) is 10.2. The van der Waals surface area contributed by atoms with Crippen LogP contribution >= 0.6 is 11.8 Å². The van der Waals surface area contributed by atoms with Gasteiger partial charge in [0.1, 0.15) is 5.03 Å². The van der Waals surface area contributed by atoms with Crippen molar-refractivity contribution in [3.8, 4) is 5.69 Å². The standard InChI is InChI=1S/C22H22N4O3S/c1-14-4-10-19(11-5-14)26-21(28)13-12-20(25-26)30-15(2)22(29)24-18-8-6-17(7-9-18)23-16(3)27/h4-13,15H,1-3H3,(H,23,27)(H,24,29). The molecule has 7 nitrogen and oxygen atoms in total. The van der Waals surface area contributed by atoms with E-state index in [9.17, 15) is 14.4 Å². The van der Waals surface area contributed by atoms with Gasteiger partial charge in [-0.25, -0.2) is 0 Å². The van der Waals surface area contributed by atoms with Crippen LogP contribution in [-0.4, -0.2) is 26.8 Å². The minimum atomic E-state index is -0.434. The Balaban J connectivity index is 1.68. The first kappa shape index (κ1) is 21.3. The molecular formula is C22H22N4O3S. The number of rotatable bonds is 6. The van der Waals surface area contributed by atoms with Gasteiger partial charge in [0, 0.05) is 24.4 Å². The van der Waals surface area contributed by atoms with Crippen molar-refractivity contribution in [2.45, 2.75) is 31.0 Å². The second-order valence-electron chi connectivity index (χ2n) is 6.77. The van der Waals surface area contributed by atoms with Gasteiger partial charge in [-0.1, -0.05) is 29.5 Å². The summed E-state index contributed by atoms with van der Waals surface area (Å²) in [7, 11) is 0. The summed E-state index contributed by atoms with van der Waals surface area (Å²) in [5.74, 6) is -0.349. The molecule has 3 aromatic rings. The molecule has 1 aromatic heterocycles. The van der Waals surface area contributed by atoms with Crippen LogP contribution in [0.25, 0.3) is 5.69 Å². The van der Waals surface area contributed by atoms with Gasteiger partial charge in [0.25, 0.3) is 5.56 Å². The average Bonchev–Trinajstić information content (AvgIpc) is 2.71. The van der Waals surface area contributed by atoms with Crippen LogP contribution in [0.1, 0.15) is 19.4 Å². The number of thioether (sulfide) groups is 1. The van der Waals surface area contributed by atoms with E-state index in [4.69, 9.17) is 0 Å². The lowest BCUT2D eigenvalue weighted by Crippen LogP contribution is -2.24. The van der Waals surface area contributed by atoms with Gasteiger partial charge in [-0.15, -0.1) is 0 Å². The third kappa shape index (κ3) is 5.57. The van der Waals surface area contributed by atoms with Crippen LogP contribution in [0.2, 0.25) is 0 Å². The van der Waals surface area contributed by atoms with Crippen molar-refractivity contribution in [1.29, 1.82) is 0 Å². The van der Waals surface area contributed by atoms with Crippen molar-refractivity contribution < 1.29 is 9.59 Å². The Morgan fingerprint density at radius 1 is 0.933 bits per heavy atom. The number of nitrogens with zero attached hydrogens (tertiary/aromatic N) is 2. The molecule has 2 N–H and O–H groups in total. The number of amides is 2. The predicted octanol–water partition coefficient (Wildman–Crippen LogP) is 3.62. The van der Waals surface area contributed by atoms with Crippen molar-refractivity contribution in [3.63, 3.8) is 0 Å². The molecule has 0 radical (unpaired) electrons. The zero-order valence-electron chi connectivity index (χ0n) is 16.9. The largest absolute Gasteiger partial charge is 0.326 e. The summed E-state index contributed by atoms with van der Waals surface area (Å²) < 4.78 is 1.33. The molecule has 0 aliphatic rings. The fraction of sp³-hybridized carbons (Fsp3) is 0.182. The first-order valence-electron chi connectivity index (χ1n) is 9.34. The van der Waals surface area contributed by atoms with E-state index in [1.165, 1.54) is 29.4 Å². The van der Waals surface area contributed by atoms with Crippen molar-refractivity contribution in [2.75, 3.05) is 10.6 Å². The molecule has 0 bridgehead atoms. The second kappa shape index (κ2) is 9.41. The van der Waals surface area contributed by atoms with Crippen molar-refractivity contribution in [1.82, 2.24) is 9.78 Å². The lowest BCUT2D eigenvalue weighted by Gasteiger charge is -2.13. The van der Waals surface area contributed by atoms with Crippen LogP contribution in [0.15, 0.2) is 70.5 Å². The Kier molecular flexibility index (Phi) is 6.68. The summed E-state index contributed by atoms with van der Waals surface area (Å²) in [6.45, 7) is 5.18. The number of hydrogen-bond donors (Lipinski definition) is 2. The fourth-order valence-electron chi connectivity index (χ4n) is 2.65. The number of carbonyl (C=O) groups excluding carboxylic acids is 2. The Labute approximate surface area is 178 Å². The topological polar surface area (TPSA) is 93.1 Å². The van der Waals surface area contributed by atoms with E-state index in [0.717, 1.165) is 5.56 Å². The Morgan fingerprint density at radius 2 is 1.53 bits per heavy atom. The highest BCUT2D eigenvalue weighted by molar-refractivity contribution is 8.00. The third-order valence-corrected chi connectivity index (χ3v) is 5.22. The molecule has 0 fully saturated rings. The van der Waals surface area contributed by atoms with Crippen LogP contribution in [0.4, 0.5) is 11.4 Å². The molecule has 1 unspecified atom stereocenters. The summed E-state index contributed by atoms with van der Waals surface area (Å²) in [6.07, 6.45) is 0. The minimum absolute atomic E-state index is 0.156. The molecule has 3 rings (SSSR count). The Hall–Kier alpha value is -3.39. The number of hydrogen-bond acceptors (Lipinski definition) is 5. The van der Waals surface area contributed by atoms with Crippen LogP contribution in [-0.2, 0) is 9.59 Å². The van der Waals surface area contributed by atoms with E-state index in [0.29, 0.717) is 22.1 Å². The maximum atomic E-state index is 12.5. The van der Waals surface area contributed by atoms with Gasteiger partial charge in [0.2, 0.25) is 11.8 Å². The molecule has 0 saturated carbocycles. The van der Waals surface area contributed by atoms with Gasteiger partial charge < -0.3 is 10.6 Å². The van der Waals surface area contributed by atoms with E-state index in [1.807, 2.05) is 31.2 Å². The number of carbonyl (C=O) groups is 2. The first-order chi connectivity index (χ1) is 14.3. The fourth-order valence-corrected chi connectivity index (χ4v) is 3.45. The van der Waals surface area contributed by atoms with Crippen LogP contribution in [0, 0.1) is 6.92 Å². The molecule has 0 aliphatic heterocycles. The van der Waals surface area contributed by atoms with E-state index in [1.54, 1.807) is 37.3 Å². The van der Waals surface area contributed by atoms with E-state index >= 15 is 0 Å². The SMILES string of the molecule is CC(=O)Nc1ccc(NC(=O)C(C)Sc2ccc(=O)n(-c3ccc(C)cc3)n2)cc1. The molecule has 0 aliphatic carbocycles. The van der Waals surface area contributed by atoms with Gasteiger partial charge in [-0.3, -0.25) is 14.4 Å². The molecule has 0 spiro atoms. The lowest BCUT2D eigenvalue weighted by atomic mass is 10.2. The van der Waals surface area contributed by atoms with Crippen molar-refractivity contribution in [3.05, 3.63) is 76.6 Å². The van der Waals surface area contributed by atoms with E-state index < -0.39 is 5.25 Å². The molecule has 2 amide bonds. The van der Waals surface area contributed by atoms with Crippen molar-refractivity contribution in [2.24, 2.45) is 0 Å². The quantitative estimate of drug-likeness (QED) is 0.592. The summed E-state index contributed by atoms with van der Waals surface area (Å²) in [4.78, 5) is 35.8. The predicted molar refractivity (Wildman–Crippen MR) is 119 cm³/mol. The Morgan fingerprint density at radius 3 is 2.13 bits per heavy atom. The van der Waals surface area contributed by atoms with E-state index in [-0.39, 0.29) is 17.4 Å². The molecular weight excluding hydrogens is 400 g/mol. The highest BCUT2D eigenvalue weighted by Gasteiger charge is 2.16. The third-order valence-electron chi connectivity index (χ3n) is 4.19. The smallest absolute Gasteiger partial charge is 0.271 e. The molecule has 154 valence electrons. The molecule has 1 atom stereocenters. The molecule has 8 heteroatoms. The van der Waals surface area contributed by atoms with Gasteiger partial charge in [0.05, 0.1) is 10.9 Å². The van der Waals surface area contributed by atoms with E-state index in [2.05, 4.69) is 15.7 Å². The van der Waals surface area contributed by atoms with Gasteiger partial charge in [-0.05, 0) is 56.3 Å². The number of aryl methyl sites for hydroxylation is 1. The Bertz CT molecular complexity index is 1110. The zero-order valence-corrected chi connectivity index (χ0v) is 17.7. The second-order valence-corrected chi connectivity index (χ2v) is 8.13. The average molecular weight is 423 g/mol.